The molecule has 0 radical (unpaired) electrons. The van der Waals surface area contributed by atoms with Gasteiger partial charge in [-0.2, -0.15) is 0 Å². The first-order valence-corrected chi connectivity index (χ1v) is 11.9. The van der Waals surface area contributed by atoms with Crippen molar-refractivity contribution in [3.63, 3.8) is 0 Å². The fourth-order valence-electron chi connectivity index (χ4n) is 4.57. The Bertz CT molecular complexity index is 810. The van der Waals surface area contributed by atoms with Gasteiger partial charge in [-0.1, -0.05) is 24.4 Å². The van der Waals surface area contributed by atoms with Crippen molar-refractivity contribution in [3.8, 4) is 11.5 Å². The molecule has 1 aliphatic carbocycles. The highest BCUT2D eigenvalue weighted by atomic mass is 35.5. The van der Waals surface area contributed by atoms with Crippen molar-refractivity contribution in [2.75, 3.05) is 32.8 Å². The van der Waals surface area contributed by atoms with Gasteiger partial charge in [0.05, 0.1) is 24.8 Å². The Hall–Kier alpha value is -2.15. The summed E-state index contributed by atoms with van der Waals surface area (Å²) in [6.45, 7) is 6.10. The number of hydrogen-bond donors (Lipinski definition) is 2. The second-order valence-electron chi connectivity index (χ2n) is 8.55. The Morgan fingerprint density at radius 3 is 2.81 bits per heavy atom. The minimum atomic E-state index is 0.218. The Kier molecular flexibility index (Phi) is 7.43. The van der Waals surface area contributed by atoms with E-state index in [0.717, 1.165) is 56.8 Å². The molecule has 7 nitrogen and oxygen atoms in total. The van der Waals surface area contributed by atoms with Crippen LogP contribution in [0, 0.1) is 5.92 Å². The number of carbonyl (C=O) groups is 1. The van der Waals surface area contributed by atoms with E-state index in [0.29, 0.717) is 42.2 Å². The number of aliphatic imine (C=N–C) groups is 1. The van der Waals surface area contributed by atoms with Crippen molar-refractivity contribution in [1.29, 1.82) is 0 Å². The molecule has 0 bridgehead atoms. The summed E-state index contributed by atoms with van der Waals surface area (Å²) in [7, 11) is 0. The minimum Gasteiger partial charge on any atom is -0.489 e. The Labute approximate surface area is 189 Å². The van der Waals surface area contributed by atoms with Crippen LogP contribution in [0.25, 0.3) is 0 Å². The molecule has 1 amide bonds. The van der Waals surface area contributed by atoms with Crippen LogP contribution < -0.4 is 20.1 Å². The van der Waals surface area contributed by atoms with Gasteiger partial charge in [-0.15, -0.1) is 0 Å². The molecule has 2 heterocycles. The Morgan fingerprint density at radius 1 is 1.19 bits per heavy atom. The first-order chi connectivity index (χ1) is 15.1. The quantitative estimate of drug-likeness (QED) is 0.533. The van der Waals surface area contributed by atoms with Gasteiger partial charge >= 0.3 is 0 Å². The molecule has 1 saturated carbocycles. The number of nitrogens with zero attached hydrogens (tertiary/aromatic N) is 2. The van der Waals surface area contributed by atoms with Gasteiger partial charge in [0, 0.05) is 38.0 Å². The summed E-state index contributed by atoms with van der Waals surface area (Å²) in [6, 6.07) is 4.06. The topological polar surface area (TPSA) is 75.2 Å². The first kappa shape index (κ1) is 22.1. The zero-order chi connectivity index (χ0) is 21.6. The zero-order valence-electron chi connectivity index (χ0n) is 18.3. The lowest BCUT2D eigenvalue weighted by atomic mass is 10.1. The van der Waals surface area contributed by atoms with Crippen LogP contribution in [0.1, 0.15) is 51.0 Å². The number of hydrogen-bond acceptors (Lipinski definition) is 4. The van der Waals surface area contributed by atoms with Crippen LogP contribution in [0.15, 0.2) is 17.1 Å². The number of fused-ring (bicyclic) bond motifs is 1. The maximum atomic E-state index is 12.7. The summed E-state index contributed by atoms with van der Waals surface area (Å²) in [5.41, 5.74) is 0.968. The maximum Gasteiger partial charge on any atom is 0.225 e. The van der Waals surface area contributed by atoms with Crippen LogP contribution in [0.2, 0.25) is 5.02 Å². The highest BCUT2D eigenvalue weighted by Gasteiger charge is 2.32. The number of ether oxygens (including phenoxy) is 2. The third-order valence-electron chi connectivity index (χ3n) is 6.17. The van der Waals surface area contributed by atoms with E-state index in [4.69, 9.17) is 26.1 Å². The molecule has 31 heavy (non-hydrogen) atoms. The largest absolute Gasteiger partial charge is 0.489 e. The Balaban J connectivity index is 1.37. The van der Waals surface area contributed by atoms with Crippen molar-refractivity contribution in [1.82, 2.24) is 15.5 Å². The molecule has 4 rings (SSSR count). The van der Waals surface area contributed by atoms with Gasteiger partial charge in [-0.05, 0) is 43.9 Å². The fraction of sp³-hybridized carbons (Fsp3) is 0.652. The van der Waals surface area contributed by atoms with Gasteiger partial charge in [0.2, 0.25) is 5.91 Å². The molecule has 1 aromatic rings. The number of benzene rings is 1. The third kappa shape index (κ3) is 5.56. The number of likely N-dealkylation sites (tertiary alicyclic amines) is 1. The van der Waals surface area contributed by atoms with Crippen LogP contribution in [0.3, 0.4) is 0 Å². The summed E-state index contributed by atoms with van der Waals surface area (Å²) in [4.78, 5) is 19.5. The van der Waals surface area contributed by atoms with E-state index in [1.165, 1.54) is 12.8 Å². The molecular formula is C23H33ClN4O3. The van der Waals surface area contributed by atoms with Crippen molar-refractivity contribution >= 4 is 23.5 Å². The zero-order valence-corrected chi connectivity index (χ0v) is 19.0. The molecule has 1 unspecified atom stereocenters. The SMILES string of the molecule is CCNC(=NCc1cc(Cl)c2c(c1)OCCCO2)NC1CCN(C(=O)C2CCCC2)C1. The summed E-state index contributed by atoms with van der Waals surface area (Å²) >= 11 is 6.41. The first-order valence-electron chi connectivity index (χ1n) is 11.6. The van der Waals surface area contributed by atoms with E-state index in [1.54, 1.807) is 0 Å². The molecule has 0 spiro atoms. The van der Waals surface area contributed by atoms with E-state index < -0.39 is 0 Å². The fourth-order valence-corrected chi connectivity index (χ4v) is 4.86. The molecule has 1 atom stereocenters. The van der Waals surface area contributed by atoms with Gasteiger partial charge < -0.3 is 25.0 Å². The van der Waals surface area contributed by atoms with Crippen LogP contribution in [0.5, 0.6) is 11.5 Å². The van der Waals surface area contributed by atoms with Gasteiger partial charge in [0.1, 0.15) is 0 Å². The molecule has 2 N–H and O–H groups in total. The van der Waals surface area contributed by atoms with Gasteiger partial charge in [-0.3, -0.25) is 4.79 Å². The second kappa shape index (κ2) is 10.4. The molecule has 1 saturated heterocycles. The van der Waals surface area contributed by atoms with E-state index in [-0.39, 0.29) is 12.0 Å². The molecule has 170 valence electrons. The second-order valence-corrected chi connectivity index (χ2v) is 8.95. The maximum absolute atomic E-state index is 12.7. The third-order valence-corrected chi connectivity index (χ3v) is 6.45. The lowest BCUT2D eigenvalue weighted by Crippen LogP contribution is -2.45. The molecular weight excluding hydrogens is 416 g/mol. The summed E-state index contributed by atoms with van der Waals surface area (Å²) in [5, 5.41) is 7.37. The average molecular weight is 449 g/mol. The normalized spacial score (nSPS) is 21.8. The number of guanidine groups is 1. The van der Waals surface area contributed by atoms with Crippen LogP contribution in [-0.4, -0.2) is 55.7 Å². The average Bonchev–Trinajstić information content (AvgIpc) is 3.40. The highest BCUT2D eigenvalue weighted by Crippen LogP contribution is 2.38. The standard InChI is InChI=1S/C23H33ClN4O3/c1-2-25-23(27-18-8-9-28(15-18)22(29)17-6-3-4-7-17)26-14-16-12-19(24)21-20(13-16)30-10-5-11-31-21/h12-13,17-18H,2-11,14-15H2,1H3,(H2,25,26,27). The van der Waals surface area contributed by atoms with Gasteiger partial charge in [-0.25, -0.2) is 4.99 Å². The van der Waals surface area contributed by atoms with Crippen LogP contribution in [-0.2, 0) is 11.3 Å². The highest BCUT2D eigenvalue weighted by molar-refractivity contribution is 6.32. The number of carbonyl (C=O) groups excluding carboxylic acids is 1. The predicted molar refractivity (Wildman–Crippen MR) is 122 cm³/mol. The van der Waals surface area contributed by atoms with Crippen molar-refractivity contribution in [2.45, 2.75) is 58.0 Å². The van der Waals surface area contributed by atoms with Crippen molar-refractivity contribution in [2.24, 2.45) is 10.9 Å². The summed E-state index contributed by atoms with van der Waals surface area (Å²) in [5.74, 6) is 2.64. The Morgan fingerprint density at radius 2 is 2.00 bits per heavy atom. The molecule has 2 aliphatic heterocycles. The van der Waals surface area contributed by atoms with Crippen LogP contribution >= 0.6 is 11.6 Å². The van der Waals surface area contributed by atoms with Gasteiger partial charge in [0.15, 0.2) is 17.5 Å². The minimum absolute atomic E-state index is 0.218. The summed E-state index contributed by atoms with van der Waals surface area (Å²) in [6.07, 6.45) is 6.26. The number of amides is 1. The van der Waals surface area contributed by atoms with E-state index >= 15 is 0 Å². The summed E-state index contributed by atoms with van der Waals surface area (Å²) < 4.78 is 11.5. The lowest BCUT2D eigenvalue weighted by molar-refractivity contribution is -0.134. The van der Waals surface area contributed by atoms with E-state index in [2.05, 4.69) is 10.6 Å². The molecule has 0 aromatic heterocycles. The molecule has 3 aliphatic rings. The van der Waals surface area contributed by atoms with Crippen LogP contribution in [0.4, 0.5) is 0 Å². The van der Waals surface area contributed by atoms with E-state index in [9.17, 15) is 4.79 Å². The monoisotopic (exact) mass is 448 g/mol. The number of halogens is 1. The molecule has 8 heteroatoms. The van der Waals surface area contributed by atoms with Gasteiger partial charge in [0.25, 0.3) is 0 Å². The smallest absolute Gasteiger partial charge is 0.225 e. The molecule has 2 fully saturated rings. The molecule has 1 aromatic carbocycles. The van der Waals surface area contributed by atoms with E-state index in [1.807, 2.05) is 24.0 Å². The number of nitrogens with one attached hydrogen (secondary N) is 2. The number of rotatable bonds is 5. The predicted octanol–water partition coefficient (Wildman–Crippen LogP) is 3.35. The van der Waals surface area contributed by atoms with Crippen molar-refractivity contribution < 1.29 is 14.3 Å². The lowest BCUT2D eigenvalue weighted by Gasteiger charge is -2.21. The van der Waals surface area contributed by atoms with Crippen molar-refractivity contribution in [3.05, 3.63) is 22.7 Å².